The third kappa shape index (κ3) is 3.61. The molecular weight excluding hydrogens is 295 g/mol. The lowest BCUT2D eigenvalue weighted by atomic mass is 9.77. The monoisotopic (exact) mass is 307 g/mol. The molecule has 108 valence electrons. The normalized spacial score (nSPS) is 10.3. The summed E-state index contributed by atoms with van der Waals surface area (Å²) in [5, 5.41) is 21.2. The fourth-order valence-corrected chi connectivity index (χ4v) is 2.04. The highest BCUT2D eigenvalue weighted by Crippen LogP contribution is 2.17. The van der Waals surface area contributed by atoms with E-state index in [2.05, 4.69) is 5.32 Å². The van der Waals surface area contributed by atoms with Gasteiger partial charge in [0.05, 0.1) is 5.56 Å². The third-order valence-electron chi connectivity index (χ3n) is 2.99. The van der Waals surface area contributed by atoms with Crippen molar-refractivity contribution in [1.29, 1.82) is 0 Å². The Bertz CT molecular complexity index is 694. The second-order valence-corrected chi connectivity index (χ2v) is 4.96. The van der Waals surface area contributed by atoms with Gasteiger partial charge in [-0.1, -0.05) is 23.2 Å². The molecule has 0 heterocycles. The van der Waals surface area contributed by atoms with E-state index in [0.29, 0.717) is 11.3 Å². The summed E-state index contributed by atoms with van der Waals surface area (Å²) in [6.07, 6.45) is 0. The molecule has 0 unspecified atom stereocenters. The van der Waals surface area contributed by atoms with Crippen molar-refractivity contribution in [2.45, 2.75) is 6.92 Å². The van der Waals surface area contributed by atoms with Gasteiger partial charge in [-0.05, 0) is 42.7 Å². The van der Waals surface area contributed by atoms with Gasteiger partial charge in [-0.25, -0.2) is 4.39 Å². The number of benzene rings is 2. The molecule has 1 amide bonds. The quantitative estimate of drug-likeness (QED) is 0.756. The Hall–Kier alpha value is -1.89. The predicted molar refractivity (Wildman–Crippen MR) is 80.4 cm³/mol. The Morgan fingerprint density at radius 2 is 1.95 bits per heavy atom. The number of rotatable bonds is 3. The predicted octanol–water partition coefficient (Wildman–Crippen LogP) is 1.72. The Balaban J connectivity index is 2.27. The highest BCUT2D eigenvalue weighted by molar-refractivity contribution is 6.59. The third-order valence-corrected chi connectivity index (χ3v) is 3.22. The summed E-state index contributed by atoms with van der Waals surface area (Å²) in [6, 6.07) is 8.30. The highest BCUT2D eigenvalue weighted by Gasteiger charge is 2.16. The molecule has 0 saturated heterocycles. The number of hydrogen-bond donors (Lipinski definition) is 3. The smallest absolute Gasteiger partial charge is 0.423 e. The van der Waals surface area contributed by atoms with Crippen LogP contribution in [0.4, 0.5) is 10.1 Å². The average molecular weight is 308 g/mol. The zero-order valence-corrected chi connectivity index (χ0v) is 11.9. The molecule has 21 heavy (non-hydrogen) atoms. The molecule has 0 radical (unpaired) electrons. The van der Waals surface area contributed by atoms with Crippen LogP contribution in [0, 0.1) is 12.7 Å². The molecule has 0 aliphatic carbocycles. The summed E-state index contributed by atoms with van der Waals surface area (Å²) in [6.45, 7) is 1.71. The van der Waals surface area contributed by atoms with E-state index in [0.717, 1.165) is 6.07 Å². The van der Waals surface area contributed by atoms with E-state index < -0.39 is 18.8 Å². The second-order valence-electron chi connectivity index (χ2n) is 4.52. The summed E-state index contributed by atoms with van der Waals surface area (Å²) in [4.78, 5) is 12.0. The number of hydrogen-bond acceptors (Lipinski definition) is 3. The van der Waals surface area contributed by atoms with Gasteiger partial charge in [-0.2, -0.15) is 0 Å². The Morgan fingerprint density at radius 1 is 1.24 bits per heavy atom. The van der Waals surface area contributed by atoms with Crippen LogP contribution in [0.25, 0.3) is 0 Å². The van der Waals surface area contributed by atoms with E-state index in [1.54, 1.807) is 19.1 Å². The number of carbonyl (C=O) groups is 1. The summed E-state index contributed by atoms with van der Waals surface area (Å²) in [7, 11) is -1.65. The maximum Gasteiger partial charge on any atom is 0.488 e. The topological polar surface area (TPSA) is 69.6 Å². The molecule has 0 saturated carbocycles. The zero-order chi connectivity index (χ0) is 15.6. The molecule has 0 fully saturated rings. The molecule has 0 spiro atoms. The number of aryl methyl sites for hydroxylation is 1. The Morgan fingerprint density at radius 3 is 2.62 bits per heavy atom. The van der Waals surface area contributed by atoms with Crippen molar-refractivity contribution in [1.82, 2.24) is 0 Å². The van der Waals surface area contributed by atoms with Crippen molar-refractivity contribution < 1.29 is 19.2 Å². The van der Waals surface area contributed by atoms with Gasteiger partial charge in [0.1, 0.15) is 5.82 Å². The molecule has 4 nitrogen and oxygen atoms in total. The SMILES string of the molecule is Cc1ccc(NC(=O)c2cc(Cl)ccc2F)cc1B(O)O. The largest absolute Gasteiger partial charge is 0.488 e. The van der Waals surface area contributed by atoms with Gasteiger partial charge in [-0.15, -0.1) is 0 Å². The van der Waals surface area contributed by atoms with Crippen LogP contribution in [0.15, 0.2) is 36.4 Å². The lowest BCUT2D eigenvalue weighted by Crippen LogP contribution is -2.32. The minimum Gasteiger partial charge on any atom is -0.423 e. The molecule has 0 aliphatic rings. The summed E-state index contributed by atoms with van der Waals surface area (Å²) in [5.74, 6) is -1.36. The van der Waals surface area contributed by atoms with Crippen LogP contribution in [-0.2, 0) is 0 Å². The molecule has 3 N–H and O–H groups in total. The Labute approximate surface area is 126 Å². The van der Waals surface area contributed by atoms with E-state index in [1.807, 2.05) is 0 Å². The van der Waals surface area contributed by atoms with Crippen molar-refractivity contribution in [2.24, 2.45) is 0 Å². The molecule has 0 aromatic heterocycles. The standard InChI is InChI=1S/C14H12BClFNO3/c1-8-2-4-10(7-12(8)15(20)21)18-14(19)11-6-9(16)3-5-13(11)17/h2-7,20-21H,1H3,(H,18,19). The van der Waals surface area contributed by atoms with Gasteiger partial charge >= 0.3 is 7.12 Å². The van der Waals surface area contributed by atoms with Crippen molar-refractivity contribution >= 4 is 35.8 Å². The molecule has 7 heteroatoms. The number of halogens is 2. The van der Waals surface area contributed by atoms with Gasteiger partial charge in [0.25, 0.3) is 5.91 Å². The fourth-order valence-electron chi connectivity index (χ4n) is 1.87. The molecule has 0 atom stereocenters. The lowest BCUT2D eigenvalue weighted by molar-refractivity contribution is 0.102. The van der Waals surface area contributed by atoms with Crippen LogP contribution in [0.3, 0.4) is 0 Å². The second kappa shape index (κ2) is 6.26. The molecule has 0 aliphatic heterocycles. The Kier molecular flexibility index (Phi) is 4.62. The highest BCUT2D eigenvalue weighted by atomic mass is 35.5. The van der Waals surface area contributed by atoms with E-state index in [1.165, 1.54) is 18.2 Å². The molecule has 2 aromatic carbocycles. The number of carbonyl (C=O) groups excluding carboxylic acids is 1. The first kappa shape index (κ1) is 15.5. The summed E-state index contributed by atoms with van der Waals surface area (Å²) >= 11 is 5.74. The van der Waals surface area contributed by atoms with E-state index in [4.69, 9.17) is 11.6 Å². The fraction of sp³-hybridized carbons (Fsp3) is 0.0714. The number of nitrogens with one attached hydrogen (secondary N) is 1. The summed E-state index contributed by atoms with van der Waals surface area (Å²) < 4.78 is 13.6. The molecule has 0 bridgehead atoms. The maximum absolute atomic E-state index is 13.6. The molecular formula is C14H12BClFNO3. The minimum absolute atomic E-state index is 0.186. The van der Waals surface area contributed by atoms with E-state index in [-0.39, 0.29) is 16.0 Å². The van der Waals surface area contributed by atoms with Crippen LogP contribution in [-0.4, -0.2) is 23.1 Å². The van der Waals surface area contributed by atoms with Crippen LogP contribution in [0.1, 0.15) is 15.9 Å². The maximum atomic E-state index is 13.6. The van der Waals surface area contributed by atoms with E-state index in [9.17, 15) is 19.2 Å². The van der Waals surface area contributed by atoms with Gasteiger partial charge < -0.3 is 15.4 Å². The van der Waals surface area contributed by atoms with Crippen LogP contribution >= 0.6 is 11.6 Å². The van der Waals surface area contributed by atoms with Gasteiger partial charge in [0.2, 0.25) is 0 Å². The first-order valence-electron chi connectivity index (χ1n) is 6.11. The van der Waals surface area contributed by atoms with Crippen LogP contribution in [0.2, 0.25) is 5.02 Å². The average Bonchev–Trinajstić information content (AvgIpc) is 2.43. The number of amides is 1. The minimum atomic E-state index is -1.65. The first-order chi connectivity index (χ1) is 9.88. The van der Waals surface area contributed by atoms with Crippen molar-refractivity contribution in [3.05, 3.63) is 58.4 Å². The molecule has 2 rings (SSSR count). The van der Waals surface area contributed by atoms with Crippen LogP contribution < -0.4 is 10.8 Å². The van der Waals surface area contributed by atoms with Crippen molar-refractivity contribution in [2.75, 3.05) is 5.32 Å². The first-order valence-corrected chi connectivity index (χ1v) is 6.49. The van der Waals surface area contributed by atoms with Crippen molar-refractivity contribution in [3.63, 3.8) is 0 Å². The van der Waals surface area contributed by atoms with Gasteiger partial charge in [0, 0.05) is 10.7 Å². The summed E-state index contributed by atoms with van der Waals surface area (Å²) in [5.41, 5.74) is 1.07. The van der Waals surface area contributed by atoms with E-state index >= 15 is 0 Å². The van der Waals surface area contributed by atoms with Crippen LogP contribution in [0.5, 0.6) is 0 Å². The van der Waals surface area contributed by atoms with Gasteiger partial charge in [-0.3, -0.25) is 4.79 Å². The van der Waals surface area contributed by atoms with Gasteiger partial charge in [0.15, 0.2) is 0 Å². The lowest BCUT2D eigenvalue weighted by Gasteiger charge is -2.10. The van der Waals surface area contributed by atoms with Crippen molar-refractivity contribution in [3.8, 4) is 0 Å². The number of anilines is 1. The molecule has 2 aromatic rings. The zero-order valence-electron chi connectivity index (χ0n) is 11.1.